The minimum Gasteiger partial charge on any atom is -0.378 e. The number of benzene rings is 1. The van der Waals surface area contributed by atoms with Crippen LogP contribution in [-0.2, 0) is 4.74 Å². The predicted molar refractivity (Wildman–Crippen MR) is 71.9 cm³/mol. The Morgan fingerprint density at radius 1 is 1.29 bits per heavy atom. The van der Waals surface area contributed by atoms with Crippen molar-refractivity contribution < 1.29 is 4.74 Å². The Labute approximate surface area is 107 Å². The molecule has 1 aliphatic heterocycles. The number of morpholine rings is 1. The molecule has 2 rings (SSSR count). The molecule has 1 fully saturated rings. The number of hydrazine groups is 1. The van der Waals surface area contributed by atoms with Crippen LogP contribution in [0.3, 0.4) is 0 Å². The maximum atomic E-state index is 6.15. The fraction of sp³-hybridized carbons (Fsp3) is 0.500. The highest BCUT2D eigenvalue weighted by Gasteiger charge is 2.15. The zero-order valence-electron chi connectivity index (χ0n) is 10.2. The van der Waals surface area contributed by atoms with Crippen LogP contribution in [0, 0.1) is 6.92 Å². The van der Waals surface area contributed by atoms with E-state index in [1.54, 1.807) is 0 Å². The van der Waals surface area contributed by atoms with Gasteiger partial charge in [0.25, 0.3) is 0 Å². The van der Waals surface area contributed by atoms with Crippen LogP contribution in [0.1, 0.15) is 5.56 Å². The van der Waals surface area contributed by atoms with Gasteiger partial charge >= 0.3 is 0 Å². The molecule has 1 aromatic carbocycles. The van der Waals surface area contributed by atoms with E-state index in [0.717, 1.165) is 37.0 Å². The number of nitrogens with one attached hydrogen (secondary N) is 2. The summed E-state index contributed by atoms with van der Waals surface area (Å²) in [7, 11) is 1.84. The number of nitrogens with zero attached hydrogens (tertiary/aromatic N) is 1. The van der Waals surface area contributed by atoms with Crippen molar-refractivity contribution in [2.24, 2.45) is 0 Å². The molecule has 0 radical (unpaired) electrons. The smallest absolute Gasteiger partial charge is 0.0642 e. The van der Waals surface area contributed by atoms with Gasteiger partial charge in [0.05, 0.1) is 18.9 Å². The van der Waals surface area contributed by atoms with Gasteiger partial charge < -0.3 is 15.1 Å². The first-order valence-corrected chi connectivity index (χ1v) is 6.16. The average Bonchev–Trinajstić information content (AvgIpc) is 2.35. The first-order valence-electron chi connectivity index (χ1n) is 5.78. The Kier molecular flexibility index (Phi) is 4.10. The highest BCUT2D eigenvalue weighted by Crippen LogP contribution is 2.31. The molecule has 1 aliphatic rings. The quantitative estimate of drug-likeness (QED) is 0.811. The van der Waals surface area contributed by atoms with Gasteiger partial charge in [-0.2, -0.15) is 0 Å². The zero-order valence-corrected chi connectivity index (χ0v) is 11.0. The topological polar surface area (TPSA) is 36.5 Å². The average molecular weight is 256 g/mol. The van der Waals surface area contributed by atoms with Crippen LogP contribution in [0.25, 0.3) is 0 Å². The number of halogens is 1. The van der Waals surface area contributed by atoms with Crippen LogP contribution >= 0.6 is 11.6 Å². The Morgan fingerprint density at radius 2 is 2.00 bits per heavy atom. The van der Waals surface area contributed by atoms with Crippen molar-refractivity contribution in [2.45, 2.75) is 6.92 Å². The summed E-state index contributed by atoms with van der Waals surface area (Å²) >= 11 is 6.15. The number of hydrogen-bond acceptors (Lipinski definition) is 4. The van der Waals surface area contributed by atoms with Gasteiger partial charge in [0.1, 0.15) is 0 Å². The lowest BCUT2D eigenvalue weighted by Crippen LogP contribution is -2.36. The van der Waals surface area contributed by atoms with E-state index < -0.39 is 0 Å². The van der Waals surface area contributed by atoms with Gasteiger partial charge in [0.15, 0.2) is 0 Å². The van der Waals surface area contributed by atoms with E-state index in [4.69, 9.17) is 16.3 Å². The minimum atomic E-state index is 0.745. The third kappa shape index (κ3) is 2.83. The summed E-state index contributed by atoms with van der Waals surface area (Å²) in [6.45, 7) is 5.49. The Hall–Kier alpha value is -0.970. The number of anilines is 2. The normalized spacial score (nSPS) is 16.1. The summed E-state index contributed by atoms with van der Waals surface area (Å²) in [5.41, 5.74) is 9.43. The van der Waals surface area contributed by atoms with Crippen molar-refractivity contribution in [2.75, 3.05) is 43.7 Å². The second kappa shape index (κ2) is 5.58. The van der Waals surface area contributed by atoms with Crippen molar-refractivity contribution in [3.05, 3.63) is 22.7 Å². The summed E-state index contributed by atoms with van der Waals surface area (Å²) in [4.78, 5) is 2.31. The molecule has 5 heteroatoms. The molecule has 94 valence electrons. The number of rotatable bonds is 3. The van der Waals surface area contributed by atoms with Crippen LogP contribution in [0.4, 0.5) is 11.4 Å². The highest BCUT2D eigenvalue weighted by atomic mass is 35.5. The van der Waals surface area contributed by atoms with Crippen LogP contribution in [-0.4, -0.2) is 33.4 Å². The predicted octanol–water partition coefficient (Wildman–Crippen LogP) is 2.03. The largest absolute Gasteiger partial charge is 0.378 e. The van der Waals surface area contributed by atoms with Gasteiger partial charge in [-0.05, 0) is 24.6 Å². The molecule has 0 saturated carbocycles. The second-order valence-corrected chi connectivity index (χ2v) is 4.51. The SMILES string of the molecule is CNNc1cc(Cl)cc(N2CCOCC2)c1C. The third-order valence-corrected chi connectivity index (χ3v) is 3.17. The lowest BCUT2D eigenvalue weighted by atomic mass is 10.1. The van der Waals surface area contributed by atoms with E-state index in [-0.39, 0.29) is 0 Å². The van der Waals surface area contributed by atoms with Gasteiger partial charge in [0, 0.05) is 30.8 Å². The summed E-state index contributed by atoms with van der Waals surface area (Å²) in [5.74, 6) is 0. The molecule has 17 heavy (non-hydrogen) atoms. The monoisotopic (exact) mass is 255 g/mol. The molecule has 0 aromatic heterocycles. The van der Waals surface area contributed by atoms with Gasteiger partial charge in [-0.1, -0.05) is 11.6 Å². The molecule has 4 nitrogen and oxygen atoms in total. The van der Waals surface area contributed by atoms with Crippen LogP contribution < -0.4 is 15.8 Å². The fourth-order valence-electron chi connectivity index (χ4n) is 2.06. The summed E-state index contributed by atoms with van der Waals surface area (Å²) < 4.78 is 5.37. The van der Waals surface area contributed by atoms with E-state index >= 15 is 0 Å². The molecule has 0 bridgehead atoms. The molecule has 1 aromatic rings. The first kappa shape index (κ1) is 12.5. The van der Waals surface area contributed by atoms with Crippen LogP contribution in [0.5, 0.6) is 0 Å². The molecular weight excluding hydrogens is 238 g/mol. The molecule has 0 spiro atoms. The standard InChI is InChI=1S/C12H18ClN3O/c1-9-11(15-14-2)7-10(13)8-12(9)16-3-5-17-6-4-16/h7-8,14-15H,3-6H2,1-2H3. The van der Waals surface area contributed by atoms with Crippen molar-refractivity contribution in [1.29, 1.82) is 0 Å². The number of ether oxygens (including phenoxy) is 1. The summed E-state index contributed by atoms with van der Waals surface area (Å²) in [5, 5.41) is 0.745. The van der Waals surface area contributed by atoms with E-state index in [2.05, 4.69) is 22.7 Å². The third-order valence-electron chi connectivity index (χ3n) is 2.96. The van der Waals surface area contributed by atoms with Crippen LogP contribution in [0.2, 0.25) is 5.02 Å². The molecule has 1 heterocycles. The van der Waals surface area contributed by atoms with Crippen molar-refractivity contribution in [3.63, 3.8) is 0 Å². The van der Waals surface area contributed by atoms with Crippen molar-refractivity contribution in [1.82, 2.24) is 5.43 Å². The van der Waals surface area contributed by atoms with Gasteiger partial charge in [0.2, 0.25) is 0 Å². The Balaban J connectivity index is 2.31. The fourth-order valence-corrected chi connectivity index (χ4v) is 2.27. The van der Waals surface area contributed by atoms with E-state index in [0.29, 0.717) is 0 Å². The molecule has 1 saturated heterocycles. The molecule has 2 N–H and O–H groups in total. The van der Waals surface area contributed by atoms with E-state index in [1.165, 1.54) is 11.3 Å². The maximum Gasteiger partial charge on any atom is 0.0642 e. The Bertz CT molecular complexity index is 392. The van der Waals surface area contributed by atoms with Crippen LogP contribution in [0.15, 0.2) is 12.1 Å². The molecule has 0 unspecified atom stereocenters. The van der Waals surface area contributed by atoms with Gasteiger partial charge in [-0.25, -0.2) is 5.43 Å². The first-order chi connectivity index (χ1) is 8.22. The van der Waals surface area contributed by atoms with Crippen molar-refractivity contribution >= 4 is 23.0 Å². The number of hydrogen-bond donors (Lipinski definition) is 2. The maximum absolute atomic E-state index is 6.15. The summed E-state index contributed by atoms with van der Waals surface area (Å²) in [6.07, 6.45) is 0. The Morgan fingerprint density at radius 3 is 2.65 bits per heavy atom. The lowest BCUT2D eigenvalue weighted by molar-refractivity contribution is 0.122. The van der Waals surface area contributed by atoms with Gasteiger partial charge in [-0.15, -0.1) is 0 Å². The minimum absolute atomic E-state index is 0.745. The van der Waals surface area contributed by atoms with E-state index in [9.17, 15) is 0 Å². The molecule has 0 aliphatic carbocycles. The molecular formula is C12H18ClN3O. The lowest BCUT2D eigenvalue weighted by Gasteiger charge is -2.31. The second-order valence-electron chi connectivity index (χ2n) is 4.07. The van der Waals surface area contributed by atoms with Crippen molar-refractivity contribution in [3.8, 4) is 0 Å². The van der Waals surface area contributed by atoms with Gasteiger partial charge in [-0.3, -0.25) is 0 Å². The highest BCUT2D eigenvalue weighted by molar-refractivity contribution is 6.31. The zero-order chi connectivity index (χ0) is 12.3. The van der Waals surface area contributed by atoms with E-state index in [1.807, 2.05) is 19.2 Å². The molecule has 0 atom stereocenters. The molecule has 0 amide bonds. The summed E-state index contributed by atoms with van der Waals surface area (Å²) in [6, 6.07) is 3.94.